The van der Waals surface area contributed by atoms with Gasteiger partial charge in [-0.15, -0.1) is 0 Å². The minimum Gasteiger partial charge on any atom is -0.493 e. The van der Waals surface area contributed by atoms with Crippen LogP contribution < -0.4 is 10.1 Å². The molecule has 0 saturated carbocycles. The lowest BCUT2D eigenvalue weighted by Gasteiger charge is -2.33. The topological polar surface area (TPSA) is 34.4 Å². The molecule has 1 aliphatic rings. The van der Waals surface area contributed by atoms with Crippen LogP contribution in [0, 0.1) is 5.92 Å². The fourth-order valence-electron chi connectivity index (χ4n) is 2.64. The summed E-state index contributed by atoms with van der Waals surface area (Å²) in [7, 11) is 0. The zero-order chi connectivity index (χ0) is 13.2. The van der Waals surface area contributed by atoms with Crippen molar-refractivity contribution in [1.82, 2.24) is 5.32 Å². The highest BCUT2D eigenvalue weighted by molar-refractivity contribution is 5.38. The van der Waals surface area contributed by atoms with E-state index >= 15 is 0 Å². The first kappa shape index (κ1) is 12.3. The Kier molecular flexibility index (Phi) is 3.30. The molecule has 0 saturated heterocycles. The van der Waals surface area contributed by atoms with Crippen molar-refractivity contribution in [3.63, 3.8) is 0 Å². The van der Waals surface area contributed by atoms with Gasteiger partial charge < -0.3 is 14.5 Å². The summed E-state index contributed by atoms with van der Waals surface area (Å²) in [5.41, 5.74) is 1.24. The molecule has 0 aliphatic carbocycles. The molecule has 0 amide bonds. The largest absolute Gasteiger partial charge is 0.493 e. The third kappa shape index (κ3) is 2.38. The number of nitrogens with one attached hydrogen (secondary N) is 1. The molecular formula is C16H19NO2. The summed E-state index contributed by atoms with van der Waals surface area (Å²) >= 11 is 0. The van der Waals surface area contributed by atoms with E-state index in [1.54, 1.807) is 6.26 Å². The van der Waals surface area contributed by atoms with Crippen LogP contribution in [0.3, 0.4) is 0 Å². The van der Waals surface area contributed by atoms with Crippen LogP contribution in [0.15, 0.2) is 47.1 Å². The Bertz CT molecular complexity index is 535. The lowest BCUT2D eigenvalue weighted by atomic mass is 9.91. The highest BCUT2D eigenvalue weighted by Crippen LogP contribution is 2.36. The summed E-state index contributed by atoms with van der Waals surface area (Å²) in [6.07, 6.45) is 1.72. The van der Waals surface area contributed by atoms with E-state index in [2.05, 4.69) is 31.3 Å². The van der Waals surface area contributed by atoms with Crippen molar-refractivity contribution in [2.75, 3.05) is 6.61 Å². The molecule has 0 spiro atoms. The molecule has 19 heavy (non-hydrogen) atoms. The Labute approximate surface area is 113 Å². The third-order valence-corrected chi connectivity index (χ3v) is 3.72. The minimum absolute atomic E-state index is 0.189. The fraction of sp³-hybridized carbons (Fsp3) is 0.375. The van der Waals surface area contributed by atoms with Crippen LogP contribution in [-0.2, 0) is 0 Å². The highest BCUT2D eigenvalue weighted by Gasteiger charge is 2.29. The van der Waals surface area contributed by atoms with Gasteiger partial charge in [-0.05, 0) is 25.1 Å². The molecule has 0 bridgehead atoms. The zero-order valence-electron chi connectivity index (χ0n) is 11.3. The number of benzene rings is 1. The molecule has 3 rings (SSSR count). The molecular weight excluding hydrogens is 238 g/mol. The highest BCUT2D eigenvalue weighted by atomic mass is 16.5. The molecule has 2 heterocycles. The average Bonchev–Trinajstić information content (AvgIpc) is 2.96. The molecule has 100 valence electrons. The van der Waals surface area contributed by atoms with Gasteiger partial charge in [-0.25, -0.2) is 0 Å². The number of fused-ring (bicyclic) bond motifs is 1. The molecule has 3 unspecified atom stereocenters. The number of hydrogen-bond acceptors (Lipinski definition) is 3. The summed E-state index contributed by atoms with van der Waals surface area (Å²) in [6, 6.07) is 12.7. The van der Waals surface area contributed by atoms with Gasteiger partial charge in [0.05, 0.1) is 18.9 Å². The summed E-state index contributed by atoms with van der Waals surface area (Å²) in [4.78, 5) is 0. The summed E-state index contributed by atoms with van der Waals surface area (Å²) in [6.45, 7) is 5.09. The van der Waals surface area contributed by atoms with Gasteiger partial charge in [0.1, 0.15) is 11.5 Å². The smallest absolute Gasteiger partial charge is 0.124 e. The van der Waals surface area contributed by atoms with E-state index in [1.165, 1.54) is 5.56 Å². The number of hydrogen-bond donors (Lipinski definition) is 1. The fourth-order valence-corrected chi connectivity index (χ4v) is 2.64. The van der Waals surface area contributed by atoms with Crippen molar-refractivity contribution in [3.8, 4) is 5.75 Å². The first-order valence-corrected chi connectivity index (χ1v) is 6.77. The lowest BCUT2D eigenvalue weighted by Crippen LogP contribution is -2.35. The molecule has 2 aromatic rings. The SMILES string of the molecule is CC(NC1c2ccccc2OCC1C)c1ccco1. The normalized spacial score (nSPS) is 23.5. The van der Waals surface area contributed by atoms with E-state index < -0.39 is 0 Å². The maximum Gasteiger partial charge on any atom is 0.124 e. The van der Waals surface area contributed by atoms with E-state index in [9.17, 15) is 0 Å². The van der Waals surface area contributed by atoms with Crippen LogP contribution in [0.25, 0.3) is 0 Å². The summed E-state index contributed by atoms with van der Waals surface area (Å²) in [5.74, 6) is 2.40. The molecule has 1 aliphatic heterocycles. The molecule has 3 atom stereocenters. The number of furan rings is 1. The predicted octanol–water partition coefficient (Wildman–Crippen LogP) is 3.70. The van der Waals surface area contributed by atoms with E-state index in [1.807, 2.05) is 24.3 Å². The lowest BCUT2D eigenvalue weighted by molar-refractivity contribution is 0.179. The summed E-state index contributed by atoms with van der Waals surface area (Å²) < 4.78 is 11.2. The maximum atomic E-state index is 5.77. The zero-order valence-corrected chi connectivity index (χ0v) is 11.3. The van der Waals surface area contributed by atoms with E-state index in [4.69, 9.17) is 9.15 Å². The van der Waals surface area contributed by atoms with Crippen molar-refractivity contribution in [2.24, 2.45) is 5.92 Å². The van der Waals surface area contributed by atoms with Crippen molar-refractivity contribution >= 4 is 0 Å². The Balaban J connectivity index is 1.84. The molecule has 3 nitrogen and oxygen atoms in total. The Morgan fingerprint density at radius 3 is 2.84 bits per heavy atom. The summed E-state index contributed by atoms with van der Waals surface area (Å²) in [5, 5.41) is 3.65. The van der Waals surface area contributed by atoms with Crippen LogP contribution in [0.2, 0.25) is 0 Å². The van der Waals surface area contributed by atoms with Crippen molar-refractivity contribution in [1.29, 1.82) is 0 Å². The molecule has 0 radical (unpaired) electrons. The first-order chi connectivity index (χ1) is 9.25. The van der Waals surface area contributed by atoms with Crippen LogP contribution in [-0.4, -0.2) is 6.61 Å². The van der Waals surface area contributed by atoms with Gasteiger partial charge in [0.25, 0.3) is 0 Å². The predicted molar refractivity (Wildman–Crippen MR) is 74.1 cm³/mol. The monoisotopic (exact) mass is 257 g/mol. The van der Waals surface area contributed by atoms with Gasteiger partial charge in [-0.3, -0.25) is 0 Å². The van der Waals surface area contributed by atoms with Crippen LogP contribution in [0.1, 0.15) is 37.3 Å². The van der Waals surface area contributed by atoms with Gasteiger partial charge in [0.2, 0.25) is 0 Å². The van der Waals surface area contributed by atoms with Crippen molar-refractivity contribution in [2.45, 2.75) is 25.9 Å². The van der Waals surface area contributed by atoms with Gasteiger partial charge in [-0.1, -0.05) is 25.1 Å². The van der Waals surface area contributed by atoms with Crippen LogP contribution >= 0.6 is 0 Å². The average molecular weight is 257 g/mol. The molecule has 1 aromatic heterocycles. The van der Waals surface area contributed by atoms with E-state index in [0.717, 1.165) is 18.1 Å². The van der Waals surface area contributed by atoms with Gasteiger partial charge in [-0.2, -0.15) is 0 Å². The second kappa shape index (κ2) is 5.10. The number of para-hydroxylation sites is 1. The molecule has 0 fully saturated rings. The van der Waals surface area contributed by atoms with Gasteiger partial charge in [0.15, 0.2) is 0 Å². The Morgan fingerprint density at radius 1 is 1.21 bits per heavy atom. The van der Waals surface area contributed by atoms with Crippen molar-refractivity contribution in [3.05, 3.63) is 54.0 Å². The van der Waals surface area contributed by atoms with E-state index in [-0.39, 0.29) is 6.04 Å². The molecule has 1 aromatic carbocycles. The second-order valence-corrected chi connectivity index (χ2v) is 5.21. The Morgan fingerprint density at radius 2 is 2.05 bits per heavy atom. The molecule has 1 N–H and O–H groups in total. The number of ether oxygens (including phenoxy) is 1. The first-order valence-electron chi connectivity index (χ1n) is 6.77. The van der Waals surface area contributed by atoms with Gasteiger partial charge >= 0.3 is 0 Å². The quantitative estimate of drug-likeness (QED) is 0.910. The van der Waals surface area contributed by atoms with Crippen LogP contribution in [0.5, 0.6) is 5.75 Å². The van der Waals surface area contributed by atoms with E-state index in [0.29, 0.717) is 12.0 Å². The number of rotatable bonds is 3. The Hall–Kier alpha value is -1.74. The van der Waals surface area contributed by atoms with Crippen molar-refractivity contribution < 1.29 is 9.15 Å². The van der Waals surface area contributed by atoms with Crippen LogP contribution in [0.4, 0.5) is 0 Å². The maximum absolute atomic E-state index is 5.77. The third-order valence-electron chi connectivity index (χ3n) is 3.72. The standard InChI is InChI=1S/C16H19NO2/c1-11-10-19-15-7-4-3-6-13(15)16(11)17-12(2)14-8-5-9-18-14/h3-9,11-12,16-17H,10H2,1-2H3. The molecule has 3 heteroatoms. The minimum atomic E-state index is 0.189. The van der Waals surface area contributed by atoms with Gasteiger partial charge in [0, 0.05) is 17.5 Å². The second-order valence-electron chi connectivity index (χ2n) is 5.21.